The Morgan fingerprint density at radius 1 is 0.917 bits per heavy atom. The van der Waals surface area contributed by atoms with Crippen molar-refractivity contribution in [1.29, 1.82) is 0 Å². The Labute approximate surface area is 200 Å². The van der Waals surface area contributed by atoms with Crippen molar-refractivity contribution < 1.29 is 49.0 Å². The number of rotatable bonds is 4. The van der Waals surface area contributed by atoms with Gasteiger partial charge in [0, 0.05) is 18.3 Å². The zero-order valence-corrected chi connectivity index (χ0v) is 18.9. The fourth-order valence-corrected chi connectivity index (χ4v) is 4.11. The van der Waals surface area contributed by atoms with E-state index in [0.29, 0.717) is 18.6 Å². The predicted octanol–water partition coefficient (Wildman–Crippen LogP) is 7.65. The second kappa shape index (κ2) is 9.74. The first-order chi connectivity index (χ1) is 16.5. The second-order valence-electron chi connectivity index (χ2n) is 8.31. The zero-order chi connectivity index (χ0) is 27.1. The van der Waals surface area contributed by atoms with Gasteiger partial charge in [-0.25, -0.2) is 4.79 Å². The van der Waals surface area contributed by atoms with Gasteiger partial charge in [-0.05, 0) is 60.4 Å². The SMILES string of the molecule is CC[C@@H]1C[C@H](N(Cc2cc(C(F)(F)F)cc(C(F)(F)F)c2)C(=O)OC)c2cc(C(F)(F)F)ccc2N1. The molecule has 198 valence electrons. The van der Waals surface area contributed by atoms with E-state index in [-0.39, 0.29) is 29.8 Å². The van der Waals surface area contributed by atoms with E-state index < -0.39 is 59.5 Å². The average Bonchev–Trinajstić information content (AvgIpc) is 2.79. The van der Waals surface area contributed by atoms with E-state index in [2.05, 4.69) is 5.32 Å². The van der Waals surface area contributed by atoms with Crippen molar-refractivity contribution in [2.24, 2.45) is 0 Å². The van der Waals surface area contributed by atoms with E-state index in [9.17, 15) is 44.3 Å². The average molecular weight is 528 g/mol. The Hall–Kier alpha value is -3.12. The van der Waals surface area contributed by atoms with E-state index in [0.717, 1.165) is 24.1 Å². The molecule has 13 heteroatoms. The third-order valence-corrected chi connectivity index (χ3v) is 5.88. The first kappa shape index (κ1) is 27.5. The molecule has 4 nitrogen and oxygen atoms in total. The Balaban J connectivity index is 2.13. The summed E-state index contributed by atoms with van der Waals surface area (Å²) in [7, 11) is 0.952. The van der Waals surface area contributed by atoms with Crippen LogP contribution in [0.5, 0.6) is 0 Å². The summed E-state index contributed by atoms with van der Waals surface area (Å²) in [5, 5.41) is 3.05. The Morgan fingerprint density at radius 2 is 1.47 bits per heavy atom. The molecule has 2 atom stereocenters. The second-order valence-corrected chi connectivity index (χ2v) is 8.31. The van der Waals surface area contributed by atoms with Crippen LogP contribution in [0.15, 0.2) is 36.4 Å². The van der Waals surface area contributed by atoms with Crippen LogP contribution >= 0.6 is 0 Å². The summed E-state index contributed by atoms with van der Waals surface area (Å²) in [4.78, 5) is 13.5. The van der Waals surface area contributed by atoms with Crippen molar-refractivity contribution in [3.05, 3.63) is 64.2 Å². The van der Waals surface area contributed by atoms with Crippen LogP contribution < -0.4 is 5.32 Å². The first-order valence-corrected chi connectivity index (χ1v) is 10.6. The van der Waals surface area contributed by atoms with E-state index in [1.54, 1.807) is 6.92 Å². The lowest BCUT2D eigenvalue weighted by Gasteiger charge is -2.39. The summed E-state index contributed by atoms with van der Waals surface area (Å²) in [6, 6.07) is 2.26. The van der Waals surface area contributed by atoms with Crippen LogP contribution in [0.1, 0.15) is 53.6 Å². The molecule has 0 bridgehead atoms. The van der Waals surface area contributed by atoms with E-state index in [1.807, 2.05) is 0 Å². The number of nitrogens with one attached hydrogen (secondary N) is 1. The number of ether oxygens (including phenoxy) is 1. The number of carbonyl (C=O) groups is 1. The van der Waals surface area contributed by atoms with Crippen molar-refractivity contribution in [2.75, 3.05) is 12.4 Å². The topological polar surface area (TPSA) is 41.6 Å². The smallest absolute Gasteiger partial charge is 0.416 e. The molecule has 36 heavy (non-hydrogen) atoms. The summed E-state index contributed by atoms with van der Waals surface area (Å²) in [6.07, 6.45) is -15.5. The van der Waals surface area contributed by atoms with Gasteiger partial charge in [0.25, 0.3) is 0 Å². The minimum atomic E-state index is -5.11. The van der Waals surface area contributed by atoms with Crippen molar-refractivity contribution in [3.63, 3.8) is 0 Å². The van der Waals surface area contributed by atoms with Gasteiger partial charge in [-0.3, -0.25) is 4.90 Å². The van der Waals surface area contributed by atoms with Crippen LogP contribution in [0.25, 0.3) is 0 Å². The van der Waals surface area contributed by atoms with E-state index >= 15 is 0 Å². The summed E-state index contributed by atoms with van der Waals surface area (Å²) in [5.74, 6) is 0. The van der Waals surface area contributed by atoms with Crippen molar-refractivity contribution in [1.82, 2.24) is 4.90 Å². The number of benzene rings is 2. The highest BCUT2D eigenvalue weighted by molar-refractivity contribution is 5.70. The molecule has 0 aromatic heterocycles. The lowest BCUT2D eigenvalue weighted by molar-refractivity contribution is -0.143. The third kappa shape index (κ3) is 5.98. The Bertz CT molecular complexity index is 1080. The van der Waals surface area contributed by atoms with Gasteiger partial charge < -0.3 is 10.1 Å². The summed E-state index contributed by atoms with van der Waals surface area (Å²) >= 11 is 0. The van der Waals surface area contributed by atoms with Gasteiger partial charge in [0.15, 0.2) is 0 Å². The van der Waals surface area contributed by atoms with Crippen molar-refractivity contribution >= 4 is 11.8 Å². The molecule has 0 spiro atoms. The number of hydrogen-bond donors (Lipinski definition) is 1. The first-order valence-electron chi connectivity index (χ1n) is 10.6. The molecule has 0 saturated heterocycles. The summed E-state index contributed by atoms with van der Waals surface area (Å²) in [5.41, 5.74) is -4.40. The molecule has 1 heterocycles. The number of alkyl halides is 9. The summed E-state index contributed by atoms with van der Waals surface area (Å²) < 4.78 is 125. The van der Waals surface area contributed by atoms with Crippen molar-refractivity contribution in [2.45, 2.75) is 56.9 Å². The molecule has 0 fully saturated rings. The molecule has 0 saturated carbocycles. The van der Waals surface area contributed by atoms with Crippen LogP contribution in [0.2, 0.25) is 0 Å². The quantitative estimate of drug-likeness (QED) is 0.415. The maximum atomic E-state index is 13.4. The van der Waals surface area contributed by atoms with Crippen LogP contribution in [0.3, 0.4) is 0 Å². The molecular formula is C23H21F9N2O2. The molecule has 2 aromatic carbocycles. The molecule has 1 amide bonds. The molecule has 1 N–H and O–H groups in total. The molecule has 0 unspecified atom stereocenters. The Kier molecular flexibility index (Phi) is 7.43. The third-order valence-electron chi connectivity index (χ3n) is 5.88. The fraction of sp³-hybridized carbons (Fsp3) is 0.435. The summed E-state index contributed by atoms with van der Waals surface area (Å²) in [6.45, 7) is 1.01. The normalized spacial score (nSPS) is 18.3. The fourth-order valence-electron chi connectivity index (χ4n) is 4.11. The molecule has 0 aliphatic carbocycles. The highest BCUT2D eigenvalue weighted by Crippen LogP contribution is 2.43. The van der Waals surface area contributed by atoms with E-state index in [1.165, 1.54) is 6.07 Å². The zero-order valence-electron chi connectivity index (χ0n) is 18.9. The lowest BCUT2D eigenvalue weighted by atomic mass is 9.89. The van der Waals surface area contributed by atoms with Gasteiger partial charge in [0.1, 0.15) is 0 Å². The number of amides is 1. The molecule has 1 aliphatic heterocycles. The number of fused-ring (bicyclic) bond motifs is 1. The standard InChI is InChI=1S/C23H21F9N2O2/c1-3-16-10-19(17-9-13(21(24,25)26)4-5-18(17)33-16)34(20(35)36-2)11-12-6-14(22(27,28)29)8-15(7-12)23(30,31)32/h4-9,16,19,33H,3,10-11H2,1-2H3/t16-,19+/m1/s1. The number of anilines is 1. The maximum Gasteiger partial charge on any atom is 0.416 e. The van der Waals surface area contributed by atoms with Crippen LogP contribution in [-0.4, -0.2) is 24.1 Å². The van der Waals surface area contributed by atoms with Gasteiger partial charge in [0.2, 0.25) is 0 Å². The van der Waals surface area contributed by atoms with Gasteiger partial charge in [-0.15, -0.1) is 0 Å². The van der Waals surface area contributed by atoms with E-state index in [4.69, 9.17) is 4.74 Å². The number of nitrogens with zero attached hydrogens (tertiary/aromatic N) is 1. The number of carbonyl (C=O) groups excluding carboxylic acids is 1. The molecule has 3 rings (SSSR count). The van der Waals surface area contributed by atoms with Gasteiger partial charge in [-0.2, -0.15) is 39.5 Å². The van der Waals surface area contributed by atoms with Crippen LogP contribution in [-0.2, 0) is 29.8 Å². The highest BCUT2D eigenvalue weighted by Gasteiger charge is 2.39. The highest BCUT2D eigenvalue weighted by atomic mass is 19.4. The molecule has 1 aliphatic rings. The minimum absolute atomic E-state index is 0.0166. The molecule has 0 radical (unpaired) electrons. The Morgan fingerprint density at radius 3 is 1.94 bits per heavy atom. The van der Waals surface area contributed by atoms with Crippen molar-refractivity contribution in [3.8, 4) is 0 Å². The largest absolute Gasteiger partial charge is 0.453 e. The number of halogens is 9. The van der Waals surface area contributed by atoms with Crippen LogP contribution in [0, 0.1) is 0 Å². The van der Waals surface area contributed by atoms with Gasteiger partial charge in [0.05, 0.1) is 29.8 Å². The number of methoxy groups -OCH3 is 1. The van der Waals surface area contributed by atoms with Gasteiger partial charge >= 0.3 is 24.6 Å². The van der Waals surface area contributed by atoms with Gasteiger partial charge in [-0.1, -0.05) is 6.92 Å². The monoisotopic (exact) mass is 528 g/mol. The molecule has 2 aromatic rings. The molecular weight excluding hydrogens is 507 g/mol. The minimum Gasteiger partial charge on any atom is -0.453 e. The predicted molar refractivity (Wildman–Crippen MR) is 111 cm³/mol. The maximum absolute atomic E-state index is 13.4. The number of hydrogen-bond acceptors (Lipinski definition) is 3. The van der Waals surface area contributed by atoms with Crippen LogP contribution in [0.4, 0.5) is 50.0 Å². The lowest BCUT2D eigenvalue weighted by Crippen LogP contribution is -2.40.